The fraction of sp³-hybridized carbons (Fsp3) is 0.933. The molecule has 0 radical (unpaired) electrons. The number of rotatable bonds is 6. The first kappa shape index (κ1) is 15.5. The number of ether oxygens (including phenoxy) is 1. The van der Waals surface area contributed by atoms with Crippen LogP contribution in [0.25, 0.3) is 0 Å². The van der Waals surface area contributed by atoms with Crippen LogP contribution in [-0.4, -0.2) is 23.3 Å². The number of aliphatic hydroxyl groups is 1. The van der Waals surface area contributed by atoms with E-state index in [1.54, 1.807) is 0 Å². The van der Waals surface area contributed by atoms with Crippen molar-refractivity contribution < 1.29 is 14.6 Å². The van der Waals surface area contributed by atoms with Gasteiger partial charge < -0.3 is 9.84 Å². The highest BCUT2D eigenvalue weighted by atomic mass is 16.5. The van der Waals surface area contributed by atoms with Crippen molar-refractivity contribution in [2.45, 2.75) is 71.3 Å². The lowest BCUT2D eigenvalue weighted by molar-refractivity contribution is -0.162. The zero-order valence-electron chi connectivity index (χ0n) is 12.1. The molecule has 0 heterocycles. The standard InChI is InChI=1S/C15H28O3/c1-4-7-12-8-10-15(17,11-9-12)13(5-2)14(16)18-6-3/h12-13,17H,4-11H2,1-3H3. The van der Waals surface area contributed by atoms with Gasteiger partial charge in [-0.05, 0) is 44.9 Å². The van der Waals surface area contributed by atoms with Gasteiger partial charge in [0.2, 0.25) is 0 Å². The molecule has 0 amide bonds. The molecule has 3 nitrogen and oxygen atoms in total. The fourth-order valence-corrected chi connectivity index (χ4v) is 3.23. The molecule has 1 saturated carbocycles. The number of hydrogen-bond acceptors (Lipinski definition) is 3. The van der Waals surface area contributed by atoms with Gasteiger partial charge in [0.1, 0.15) is 0 Å². The summed E-state index contributed by atoms with van der Waals surface area (Å²) in [6.07, 6.45) is 6.68. The van der Waals surface area contributed by atoms with Crippen molar-refractivity contribution in [2.24, 2.45) is 11.8 Å². The van der Waals surface area contributed by atoms with Crippen molar-refractivity contribution in [2.75, 3.05) is 6.61 Å². The summed E-state index contributed by atoms with van der Waals surface area (Å²) in [6.45, 7) is 6.36. The van der Waals surface area contributed by atoms with Crippen molar-refractivity contribution >= 4 is 5.97 Å². The van der Waals surface area contributed by atoms with Gasteiger partial charge >= 0.3 is 5.97 Å². The lowest BCUT2D eigenvalue weighted by Gasteiger charge is -2.40. The van der Waals surface area contributed by atoms with E-state index in [-0.39, 0.29) is 11.9 Å². The molecule has 1 atom stereocenters. The first-order valence-corrected chi connectivity index (χ1v) is 7.46. The fourth-order valence-electron chi connectivity index (χ4n) is 3.23. The number of carbonyl (C=O) groups is 1. The Morgan fingerprint density at radius 1 is 1.33 bits per heavy atom. The first-order valence-electron chi connectivity index (χ1n) is 7.46. The number of carbonyl (C=O) groups excluding carboxylic acids is 1. The molecule has 0 bridgehead atoms. The van der Waals surface area contributed by atoms with Crippen molar-refractivity contribution in [3.05, 3.63) is 0 Å². The van der Waals surface area contributed by atoms with Crippen molar-refractivity contribution in [3.8, 4) is 0 Å². The molecule has 1 aliphatic carbocycles. The van der Waals surface area contributed by atoms with Crippen LogP contribution in [0.2, 0.25) is 0 Å². The van der Waals surface area contributed by atoms with Crippen LogP contribution in [0.5, 0.6) is 0 Å². The van der Waals surface area contributed by atoms with Crippen molar-refractivity contribution in [1.82, 2.24) is 0 Å². The summed E-state index contributed by atoms with van der Waals surface area (Å²) in [5.74, 6) is 0.159. The third-order valence-electron chi connectivity index (χ3n) is 4.30. The number of esters is 1. The highest BCUT2D eigenvalue weighted by Crippen LogP contribution is 2.40. The summed E-state index contributed by atoms with van der Waals surface area (Å²) in [5, 5.41) is 10.7. The second kappa shape index (κ2) is 7.13. The Bertz CT molecular complexity index is 254. The van der Waals surface area contributed by atoms with E-state index in [0.717, 1.165) is 31.6 Å². The van der Waals surface area contributed by atoms with E-state index >= 15 is 0 Å². The Kier molecular flexibility index (Phi) is 6.13. The van der Waals surface area contributed by atoms with Gasteiger partial charge in [0.05, 0.1) is 18.1 Å². The highest BCUT2D eigenvalue weighted by Gasteiger charge is 2.43. The summed E-state index contributed by atoms with van der Waals surface area (Å²) in [5.41, 5.74) is -0.828. The van der Waals surface area contributed by atoms with Gasteiger partial charge in [-0.2, -0.15) is 0 Å². The van der Waals surface area contributed by atoms with Crippen LogP contribution in [0.1, 0.15) is 65.7 Å². The van der Waals surface area contributed by atoms with Gasteiger partial charge in [-0.25, -0.2) is 0 Å². The van der Waals surface area contributed by atoms with E-state index in [1.807, 2.05) is 13.8 Å². The normalized spacial score (nSPS) is 29.9. The lowest BCUT2D eigenvalue weighted by atomic mass is 9.70. The summed E-state index contributed by atoms with van der Waals surface area (Å²) in [4.78, 5) is 11.9. The Morgan fingerprint density at radius 2 is 1.94 bits per heavy atom. The predicted octanol–water partition coefficient (Wildman–Crippen LogP) is 3.30. The molecular weight excluding hydrogens is 228 g/mol. The molecule has 106 valence electrons. The van der Waals surface area contributed by atoms with Crippen molar-refractivity contribution in [3.63, 3.8) is 0 Å². The average molecular weight is 256 g/mol. The molecule has 1 aliphatic rings. The molecule has 0 aromatic carbocycles. The smallest absolute Gasteiger partial charge is 0.311 e. The molecule has 0 aromatic heterocycles. The number of hydrogen-bond donors (Lipinski definition) is 1. The molecule has 0 aromatic rings. The van der Waals surface area contributed by atoms with Crippen LogP contribution in [0.3, 0.4) is 0 Å². The van der Waals surface area contributed by atoms with E-state index < -0.39 is 5.60 Å². The van der Waals surface area contributed by atoms with Gasteiger partial charge in [0.25, 0.3) is 0 Å². The average Bonchev–Trinajstić information content (AvgIpc) is 2.34. The Hall–Kier alpha value is -0.570. The quantitative estimate of drug-likeness (QED) is 0.742. The molecule has 1 N–H and O–H groups in total. The topological polar surface area (TPSA) is 46.5 Å². The van der Waals surface area contributed by atoms with Gasteiger partial charge in [-0.15, -0.1) is 0 Å². The Balaban J connectivity index is 2.60. The van der Waals surface area contributed by atoms with E-state index in [9.17, 15) is 9.90 Å². The van der Waals surface area contributed by atoms with Crippen LogP contribution in [0.15, 0.2) is 0 Å². The minimum Gasteiger partial charge on any atom is -0.466 e. The molecule has 1 unspecified atom stereocenters. The largest absolute Gasteiger partial charge is 0.466 e. The molecule has 18 heavy (non-hydrogen) atoms. The van der Waals surface area contributed by atoms with Crippen molar-refractivity contribution in [1.29, 1.82) is 0 Å². The maximum Gasteiger partial charge on any atom is 0.311 e. The first-order chi connectivity index (χ1) is 8.57. The second-order valence-corrected chi connectivity index (χ2v) is 5.55. The monoisotopic (exact) mass is 256 g/mol. The zero-order valence-corrected chi connectivity index (χ0v) is 12.1. The maximum absolute atomic E-state index is 11.9. The minimum atomic E-state index is -0.828. The van der Waals surface area contributed by atoms with Crippen LogP contribution < -0.4 is 0 Å². The van der Waals surface area contributed by atoms with Gasteiger partial charge in [0, 0.05) is 0 Å². The molecule has 0 spiro atoms. The third kappa shape index (κ3) is 3.71. The van der Waals surface area contributed by atoms with Gasteiger partial charge in [-0.1, -0.05) is 26.7 Å². The second-order valence-electron chi connectivity index (χ2n) is 5.55. The SMILES string of the molecule is CCCC1CCC(O)(C(CC)C(=O)OCC)CC1. The van der Waals surface area contributed by atoms with E-state index in [2.05, 4.69) is 6.92 Å². The van der Waals surface area contributed by atoms with E-state index in [0.29, 0.717) is 13.0 Å². The predicted molar refractivity (Wildman–Crippen MR) is 72.2 cm³/mol. The summed E-state index contributed by atoms with van der Waals surface area (Å²) >= 11 is 0. The summed E-state index contributed by atoms with van der Waals surface area (Å²) in [7, 11) is 0. The molecule has 3 heteroatoms. The molecular formula is C15H28O3. The molecule has 1 rings (SSSR count). The van der Waals surface area contributed by atoms with E-state index in [4.69, 9.17) is 4.74 Å². The minimum absolute atomic E-state index is 0.226. The maximum atomic E-state index is 11.9. The van der Waals surface area contributed by atoms with Crippen LogP contribution in [0.4, 0.5) is 0 Å². The highest BCUT2D eigenvalue weighted by molar-refractivity contribution is 5.73. The Morgan fingerprint density at radius 3 is 2.39 bits per heavy atom. The molecule has 1 fully saturated rings. The third-order valence-corrected chi connectivity index (χ3v) is 4.30. The van der Waals surface area contributed by atoms with Gasteiger partial charge in [0.15, 0.2) is 0 Å². The van der Waals surface area contributed by atoms with Gasteiger partial charge in [-0.3, -0.25) is 4.79 Å². The molecule has 0 aliphatic heterocycles. The van der Waals surface area contributed by atoms with Crippen LogP contribution in [-0.2, 0) is 9.53 Å². The lowest BCUT2D eigenvalue weighted by Crippen LogP contribution is -2.45. The van der Waals surface area contributed by atoms with Crippen LogP contribution >= 0.6 is 0 Å². The summed E-state index contributed by atoms with van der Waals surface area (Å²) in [6, 6.07) is 0. The van der Waals surface area contributed by atoms with E-state index in [1.165, 1.54) is 12.8 Å². The zero-order chi connectivity index (χ0) is 13.6. The Labute approximate surface area is 111 Å². The summed E-state index contributed by atoms with van der Waals surface area (Å²) < 4.78 is 5.09. The molecule has 0 saturated heterocycles. The van der Waals surface area contributed by atoms with Crippen LogP contribution in [0, 0.1) is 11.8 Å².